The molecular formula is C16H20O2S. The second kappa shape index (κ2) is 5.70. The molecule has 3 heteroatoms. The average molecular weight is 276 g/mol. The number of ether oxygens (including phenoxy) is 2. The van der Waals surface area contributed by atoms with Crippen molar-refractivity contribution in [2.24, 2.45) is 0 Å². The van der Waals surface area contributed by atoms with Crippen LogP contribution >= 0.6 is 11.8 Å². The van der Waals surface area contributed by atoms with Gasteiger partial charge in [0, 0.05) is 17.7 Å². The molecule has 0 unspecified atom stereocenters. The minimum absolute atomic E-state index is 0.244. The van der Waals surface area contributed by atoms with Gasteiger partial charge in [-0.2, -0.15) is 0 Å². The first kappa shape index (κ1) is 13.2. The molecular weight excluding hydrogens is 256 g/mol. The first-order chi connectivity index (χ1) is 9.26. The maximum atomic E-state index is 5.75. The molecule has 1 spiro atoms. The minimum atomic E-state index is -0.244. The van der Waals surface area contributed by atoms with Gasteiger partial charge in [-0.1, -0.05) is 35.0 Å². The molecule has 2 aliphatic rings. The van der Waals surface area contributed by atoms with E-state index in [2.05, 4.69) is 36.6 Å². The zero-order valence-electron chi connectivity index (χ0n) is 11.4. The molecule has 0 N–H and O–H groups in total. The summed E-state index contributed by atoms with van der Waals surface area (Å²) in [5.41, 5.74) is 2.84. The van der Waals surface area contributed by atoms with E-state index in [0.717, 1.165) is 38.9 Å². The molecule has 1 saturated carbocycles. The third-order valence-corrected chi connectivity index (χ3v) is 4.85. The second-order valence-electron chi connectivity index (χ2n) is 5.31. The van der Waals surface area contributed by atoms with E-state index in [1.165, 1.54) is 16.0 Å². The van der Waals surface area contributed by atoms with Gasteiger partial charge in [-0.05, 0) is 37.3 Å². The Hall–Kier alpha value is -0.770. The summed E-state index contributed by atoms with van der Waals surface area (Å²) in [6.45, 7) is 3.64. The maximum Gasteiger partial charge on any atom is 0.169 e. The highest BCUT2D eigenvalue weighted by molar-refractivity contribution is 8.02. The van der Waals surface area contributed by atoms with Gasteiger partial charge in [0.15, 0.2) is 5.79 Å². The van der Waals surface area contributed by atoms with E-state index in [1.54, 1.807) is 0 Å². The van der Waals surface area contributed by atoms with E-state index in [1.807, 2.05) is 11.8 Å². The van der Waals surface area contributed by atoms with Gasteiger partial charge in [0.2, 0.25) is 0 Å². The lowest BCUT2D eigenvalue weighted by Crippen LogP contribution is -2.32. The van der Waals surface area contributed by atoms with Gasteiger partial charge in [0.05, 0.1) is 13.2 Å². The van der Waals surface area contributed by atoms with Gasteiger partial charge in [0.25, 0.3) is 0 Å². The molecule has 1 saturated heterocycles. The highest BCUT2D eigenvalue weighted by Crippen LogP contribution is 2.39. The predicted octanol–water partition coefficient (Wildman–Crippen LogP) is 4.29. The first-order valence-electron chi connectivity index (χ1n) is 6.95. The van der Waals surface area contributed by atoms with Crippen LogP contribution in [0.25, 0.3) is 0 Å². The van der Waals surface area contributed by atoms with E-state index in [9.17, 15) is 0 Å². The number of hydrogen-bond donors (Lipinski definition) is 0. The fourth-order valence-electron chi connectivity index (χ4n) is 2.62. The average Bonchev–Trinajstić information content (AvgIpc) is 2.89. The van der Waals surface area contributed by atoms with Gasteiger partial charge < -0.3 is 9.47 Å². The Morgan fingerprint density at radius 2 is 1.68 bits per heavy atom. The van der Waals surface area contributed by atoms with Crippen molar-refractivity contribution in [3.05, 3.63) is 40.8 Å². The Morgan fingerprint density at radius 3 is 2.32 bits per heavy atom. The van der Waals surface area contributed by atoms with Crippen LogP contribution in [0.3, 0.4) is 0 Å². The lowest BCUT2D eigenvalue weighted by Gasteiger charge is -2.32. The molecule has 1 aromatic rings. The van der Waals surface area contributed by atoms with Crippen LogP contribution in [0.2, 0.25) is 0 Å². The van der Waals surface area contributed by atoms with Crippen molar-refractivity contribution < 1.29 is 9.47 Å². The van der Waals surface area contributed by atoms with Crippen molar-refractivity contribution in [3.8, 4) is 0 Å². The molecule has 0 atom stereocenters. The molecule has 1 aliphatic carbocycles. The lowest BCUT2D eigenvalue weighted by atomic mass is 9.91. The Balaban J connectivity index is 1.56. The summed E-state index contributed by atoms with van der Waals surface area (Å²) in [4.78, 5) is 1.31. The van der Waals surface area contributed by atoms with Gasteiger partial charge in [-0.25, -0.2) is 0 Å². The Morgan fingerprint density at radius 1 is 1.05 bits per heavy atom. The molecule has 0 bridgehead atoms. The summed E-state index contributed by atoms with van der Waals surface area (Å²) < 4.78 is 11.5. The van der Waals surface area contributed by atoms with Crippen molar-refractivity contribution in [2.75, 3.05) is 13.2 Å². The number of allylic oxidation sites excluding steroid dienone is 1. The highest BCUT2D eigenvalue weighted by Gasteiger charge is 2.38. The third-order valence-electron chi connectivity index (χ3n) is 3.85. The summed E-state index contributed by atoms with van der Waals surface area (Å²) in [6, 6.07) is 8.70. The highest BCUT2D eigenvalue weighted by atomic mass is 32.2. The largest absolute Gasteiger partial charge is 0.348 e. The molecule has 3 rings (SSSR count). The molecule has 19 heavy (non-hydrogen) atoms. The first-order valence-corrected chi connectivity index (χ1v) is 7.83. The molecule has 2 fully saturated rings. The maximum absolute atomic E-state index is 5.75. The van der Waals surface area contributed by atoms with Crippen molar-refractivity contribution in [1.82, 2.24) is 0 Å². The van der Waals surface area contributed by atoms with Gasteiger partial charge in [0.1, 0.15) is 0 Å². The molecule has 0 radical (unpaired) electrons. The number of benzene rings is 1. The Bertz CT molecular complexity index is 446. The molecule has 102 valence electrons. The number of rotatable bonds is 2. The summed E-state index contributed by atoms with van der Waals surface area (Å²) in [7, 11) is 0. The molecule has 0 aromatic heterocycles. The third kappa shape index (κ3) is 3.22. The van der Waals surface area contributed by atoms with Crippen molar-refractivity contribution >= 4 is 11.8 Å². The monoisotopic (exact) mass is 276 g/mol. The quantitative estimate of drug-likeness (QED) is 0.751. The molecule has 2 nitrogen and oxygen atoms in total. The minimum Gasteiger partial charge on any atom is -0.348 e. The smallest absolute Gasteiger partial charge is 0.169 e. The van der Waals surface area contributed by atoms with Crippen molar-refractivity contribution in [3.63, 3.8) is 0 Å². The summed E-state index contributed by atoms with van der Waals surface area (Å²) in [6.07, 6.45) is 4.21. The molecule has 1 aromatic carbocycles. The summed E-state index contributed by atoms with van der Waals surface area (Å²) >= 11 is 1.82. The van der Waals surface area contributed by atoms with Crippen molar-refractivity contribution in [1.29, 1.82) is 0 Å². The van der Waals surface area contributed by atoms with Crippen LogP contribution in [0.1, 0.15) is 31.2 Å². The van der Waals surface area contributed by atoms with Crippen LogP contribution in [0.4, 0.5) is 0 Å². The van der Waals surface area contributed by atoms with Gasteiger partial charge in [-0.15, -0.1) is 0 Å². The standard InChI is InChI=1S/C16H20O2S/c1-13-2-4-15(5-3-13)19-12-14-6-8-16(9-7-14)17-10-11-18-16/h2-5,12H,6-11H2,1H3. The molecule has 0 amide bonds. The Kier molecular flexibility index (Phi) is 3.96. The van der Waals surface area contributed by atoms with Crippen LogP contribution in [0.15, 0.2) is 40.1 Å². The van der Waals surface area contributed by atoms with E-state index in [-0.39, 0.29) is 5.79 Å². The normalized spacial score (nSPS) is 21.8. The van der Waals surface area contributed by atoms with Crippen LogP contribution in [0.5, 0.6) is 0 Å². The van der Waals surface area contributed by atoms with E-state index in [4.69, 9.17) is 9.47 Å². The zero-order valence-corrected chi connectivity index (χ0v) is 12.2. The fourth-order valence-corrected chi connectivity index (χ4v) is 3.46. The summed E-state index contributed by atoms with van der Waals surface area (Å²) in [5.74, 6) is -0.244. The van der Waals surface area contributed by atoms with Crippen LogP contribution in [0, 0.1) is 6.92 Å². The van der Waals surface area contributed by atoms with E-state index < -0.39 is 0 Å². The number of hydrogen-bond acceptors (Lipinski definition) is 3. The second-order valence-corrected chi connectivity index (χ2v) is 6.26. The number of aryl methyl sites for hydroxylation is 1. The topological polar surface area (TPSA) is 18.5 Å². The van der Waals surface area contributed by atoms with Crippen LogP contribution in [-0.2, 0) is 9.47 Å². The van der Waals surface area contributed by atoms with Crippen LogP contribution < -0.4 is 0 Å². The van der Waals surface area contributed by atoms with E-state index in [0.29, 0.717) is 0 Å². The lowest BCUT2D eigenvalue weighted by molar-refractivity contribution is -0.171. The van der Waals surface area contributed by atoms with Gasteiger partial charge in [-0.3, -0.25) is 0 Å². The Labute approximate surface area is 119 Å². The summed E-state index contributed by atoms with van der Waals surface area (Å²) in [5, 5.41) is 2.31. The van der Waals surface area contributed by atoms with Crippen LogP contribution in [-0.4, -0.2) is 19.0 Å². The molecule has 1 heterocycles. The molecule has 1 aliphatic heterocycles. The van der Waals surface area contributed by atoms with Crippen molar-refractivity contribution in [2.45, 2.75) is 43.3 Å². The predicted molar refractivity (Wildman–Crippen MR) is 78.2 cm³/mol. The fraction of sp³-hybridized carbons (Fsp3) is 0.500. The van der Waals surface area contributed by atoms with Gasteiger partial charge >= 0.3 is 0 Å². The zero-order chi connectivity index (χ0) is 13.1. The van der Waals surface area contributed by atoms with E-state index >= 15 is 0 Å². The SMILES string of the molecule is Cc1ccc(SC=C2CCC3(CC2)OCCO3)cc1. The number of thioether (sulfide) groups is 1.